The molecule has 2 aromatic rings. The highest BCUT2D eigenvalue weighted by molar-refractivity contribution is 6.32. The van der Waals surface area contributed by atoms with Crippen LogP contribution in [0, 0.1) is 17.5 Å². The molecule has 8 heteroatoms. The van der Waals surface area contributed by atoms with E-state index in [9.17, 15) is 18.0 Å². The maximum absolute atomic E-state index is 13.5. The lowest BCUT2D eigenvalue weighted by molar-refractivity contribution is -0.111. The lowest BCUT2D eigenvalue weighted by Gasteiger charge is -2.10. The minimum Gasteiger partial charge on any atom is -0.493 e. The van der Waals surface area contributed by atoms with Crippen molar-refractivity contribution in [2.24, 2.45) is 0 Å². The predicted octanol–water partition coefficient (Wildman–Crippen LogP) is 4.43. The molecule has 0 aliphatic rings. The summed E-state index contributed by atoms with van der Waals surface area (Å²) in [6, 6.07) is 4.02. The molecule has 132 valence electrons. The van der Waals surface area contributed by atoms with Crippen LogP contribution in [0.25, 0.3) is 6.08 Å². The highest BCUT2D eigenvalue weighted by atomic mass is 35.5. The van der Waals surface area contributed by atoms with Crippen molar-refractivity contribution in [3.8, 4) is 11.5 Å². The number of hydrogen-bond acceptors (Lipinski definition) is 3. The van der Waals surface area contributed by atoms with E-state index in [2.05, 4.69) is 5.32 Å². The van der Waals surface area contributed by atoms with E-state index < -0.39 is 29.0 Å². The summed E-state index contributed by atoms with van der Waals surface area (Å²) in [4.78, 5) is 11.8. The third-order valence-corrected chi connectivity index (χ3v) is 3.43. The molecule has 2 aromatic carbocycles. The first-order valence-electron chi connectivity index (χ1n) is 6.90. The molecule has 4 nitrogen and oxygen atoms in total. The molecule has 0 spiro atoms. The van der Waals surface area contributed by atoms with Crippen molar-refractivity contribution in [2.45, 2.75) is 0 Å². The Hall–Kier alpha value is -2.67. The van der Waals surface area contributed by atoms with Crippen molar-refractivity contribution in [3.63, 3.8) is 0 Å². The fraction of sp³-hybridized carbons (Fsp3) is 0.118. The Morgan fingerprint density at radius 3 is 2.36 bits per heavy atom. The highest BCUT2D eigenvalue weighted by Crippen LogP contribution is 2.36. The van der Waals surface area contributed by atoms with Crippen LogP contribution in [0.3, 0.4) is 0 Å². The molecule has 0 heterocycles. The molecular weight excluding hydrogens is 359 g/mol. The van der Waals surface area contributed by atoms with E-state index in [-0.39, 0.29) is 5.02 Å². The van der Waals surface area contributed by atoms with Crippen molar-refractivity contribution in [1.82, 2.24) is 0 Å². The SMILES string of the molecule is COc1cc(/C=C/C(=O)Nc2cc(F)c(F)cc2F)cc(Cl)c1OC. The Labute approximate surface area is 146 Å². The number of rotatable bonds is 5. The van der Waals surface area contributed by atoms with Crippen LogP contribution < -0.4 is 14.8 Å². The lowest BCUT2D eigenvalue weighted by Crippen LogP contribution is -2.10. The topological polar surface area (TPSA) is 47.6 Å². The third kappa shape index (κ3) is 4.45. The standard InChI is InChI=1S/C17H13ClF3NO3/c1-24-15-6-9(5-10(18)17(15)25-2)3-4-16(23)22-14-8-12(20)11(19)7-13(14)21/h3-8H,1-2H3,(H,22,23)/b4-3+. The summed E-state index contributed by atoms with van der Waals surface area (Å²) in [5.41, 5.74) is 0.0439. The highest BCUT2D eigenvalue weighted by Gasteiger charge is 2.12. The van der Waals surface area contributed by atoms with Crippen molar-refractivity contribution in [3.05, 3.63) is 58.4 Å². The minimum atomic E-state index is -1.34. The van der Waals surface area contributed by atoms with Crippen molar-refractivity contribution >= 4 is 29.3 Å². The maximum Gasteiger partial charge on any atom is 0.248 e. The number of anilines is 1. The summed E-state index contributed by atoms with van der Waals surface area (Å²) < 4.78 is 49.7. The molecule has 0 atom stereocenters. The molecular formula is C17H13ClF3NO3. The third-order valence-electron chi connectivity index (χ3n) is 3.15. The van der Waals surface area contributed by atoms with Crippen LogP contribution in [0.5, 0.6) is 11.5 Å². The van der Waals surface area contributed by atoms with Gasteiger partial charge >= 0.3 is 0 Å². The van der Waals surface area contributed by atoms with Crippen LogP contribution in [0.1, 0.15) is 5.56 Å². The molecule has 0 aliphatic heterocycles. The Kier molecular flexibility index (Phi) is 5.93. The number of benzene rings is 2. The Balaban J connectivity index is 2.18. The second-order valence-corrected chi connectivity index (χ2v) is 5.21. The van der Waals surface area contributed by atoms with Gasteiger partial charge in [0.15, 0.2) is 23.1 Å². The van der Waals surface area contributed by atoms with Crippen LogP contribution in [-0.4, -0.2) is 20.1 Å². The number of methoxy groups -OCH3 is 2. The monoisotopic (exact) mass is 371 g/mol. The van der Waals surface area contributed by atoms with Gasteiger partial charge in [-0.05, 0) is 23.8 Å². The van der Waals surface area contributed by atoms with Crippen LogP contribution >= 0.6 is 11.6 Å². The summed E-state index contributed by atoms with van der Waals surface area (Å²) >= 11 is 6.05. The molecule has 0 saturated heterocycles. The van der Waals surface area contributed by atoms with E-state index in [0.717, 1.165) is 6.08 Å². The minimum absolute atomic E-state index is 0.272. The van der Waals surface area contributed by atoms with E-state index in [1.807, 2.05) is 0 Å². The van der Waals surface area contributed by atoms with Gasteiger partial charge in [-0.15, -0.1) is 0 Å². The number of hydrogen-bond donors (Lipinski definition) is 1. The van der Waals surface area contributed by atoms with Crippen LogP contribution in [0.2, 0.25) is 5.02 Å². The number of nitrogens with one attached hydrogen (secondary N) is 1. The summed E-state index contributed by atoms with van der Waals surface area (Å²) in [5.74, 6) is -3.74. The van der Waals surface area contributed by atoms with Crippen LogP contribution in [-0.2, 0) is 4.79 Å². The number of ether oxygens (including phenoxy) is 2. The molecule has 25 heavy (non-hydrogen) atoms. The fourth-order valence-corrected chi connectivity index (χ4v) is 2.30. The van der Waals surface area contributed by atoms with Gasteiger partial charge in [-0.3, -0.25) is 4.79 Å². The quantitative estimate of drug-likeness (QED) is 0.625. The van der Waals surface area contributed by atoms with E-state index >= 15 is 0 Å². The van der Waals surface area contributed by atoms with Gasteiger partial charge in [0.25, 0.3) is 0 Å². The first-order valence-corrected chi connectivity index (χ1v) is 7.28. The van der Waals surface area contributed by atoms with Crippen molar-refractivity contribution < 1.29 is 27.4 Å². The molecule has 0 radical (unpaired) electrons. The van der Waals surface area contributed by atoms with E-state index in [4.69, 9.17) is 21.1 Å². The zero-order valence-electron chi connectivity index (χ0n) is 13.2. The first-order chi connectivity index (χ1) is 11.8. The van der Waals surface area contributed by atoms with Crippen LogP contribution in [0.15, 0.2) is 30.3 Å². The Morgan fingerprint density at radius 1 is 1.04 bits per heavy atom. The molecule has 0 aliphatic carbocycles. The predicted molar refractivity (Wildman–Crippen MR) is 88.5 cm³/mol. The molecule has 0 bridgehead atoms. The second kappa shape index (κ2) is 7.94. The summed E-state index contributed by atoms with van der Waals surface area (Å²) in [6.07, 6.45) is 2.47. The number of carbonyl (C=O) groups excluding carboxylic acids is 1. The normalized spacial score (nSPS) is 10.8. The summed E-state index contributed by atoms with van der Waals surface area (Å²) in [7, 11) is 2.86. The van der Waals surface area contributed by atoms with Gasteiger partial charge in [0, 0.05) is 18.2 Å². The van der Waals surface area contributed by atoms with Crippen molar-refractivity contribution in [1.29, 1.82) is 0 Å². The summed E-state index contributed by atoms with van der Waals surface area (Å²) in [5, 5.41) is 2.39. The first kappa shape index (κ1) is 18.7. The average molecular weight is 372 g/mol. The van der Waals surface area contributed by atoms with Gasteiger partial charge in [0.05, 0.1) is 24.9 Å². The lowest BCUT2D eigenvalue weighted by atomic mass is 10.2. The van der Waals surface area contributed by atoms with Gasteiger partial charge in [-0.25, -0.2) is 13.2 Å². The number of carbonyl (C=O) groups is 1. The Morgan fingerprint density at radius 2 is 1.72 bits per heavy atom. The number of amides is 1. The molecule has 0 fully saturated rings. The molecule has 0 saturated carbocycles. The van der Waals surface area contributed by atoms with Gasteiger partial charge < -0.3 is 14.8 Å². The van der Waals surface area contributed by atoms with Crippen LogP contribution in [0.4, 0.5) is 18.9 Å². The van der Waals surface area contributed by atoms with E-state index in [0.29, 0.717) is 29.2 Å². The molecule has 1 amide bonds. The zero-order chi connectivity index (χ0) is 18.6. The Bertz CT molecular complexity index is 840. The number of halogens is 4. The fourth-order valence-electron chi connectivity index (χ4n) is 2.00. The largest absolute Gasteiger partial charge is 0.493 e. The van der Waals surface area contributed by atoms with Gasteiger partial charge in [0.2, 0.25) is 5.91 Å². The van der Waals surface area contributed by atoms with Crippen molar-refractivity contribution in [2.75, 3.05) is 19.5 Å². The second-order valence-electron chi connectivity index (χ2n) is 4.81. The molecule has 0 aromatic heterocycles. The molecule has 2 rings (SSSR count). The van der Waals surface area contributed by atoms with Gasteiger partial charge in [-0.2, -0.15) is 0 Å². The van der Waals surface area contributed by atoms with E-state index in [1.165, 1.54) is 26.4 Å². The van der Waals surface area contributed by atoms with Gasteiger partial charge in [-0.1, -0.05) is 11.6 Å². The maximum atomic E-state index is 13.5. The smallest absolute Gasteiger partial charge is 0.248 e. The zero-order valence-corrected chi connectivity index (χ0v) is 14.0. The van der Waals surface area contributed by atoms with E-state index in [1.54, 1.807) is 6.07 Å². The molecule has 0 unspecified atom stereocenters. The molecule has 1 N–H and O–H groups in total. The summed E-state index contributed by atoms with van der Waals surface area (Å²) in [6.45, 7) is 0. The van der Waals surface area contributed by atoms with Gasteiger partial charge in [0.1, 0.15) is 5.82 Å². The average Bonchev–Trinajstić information content (AvgIpc) is 2.57.